The van der Waals surface area contributed by atoms with E-state index in [4.69, 9.17) is 14.2 Å². The van der Waals surface area contributed by atoms with Gasteiger partial charge in [0.25, 0.3) is 0 Å². The third kappa shape index (κ3) is 5.88. The van der Waals surface area contributed by atoms with E-state index in [1.807, 2.05) is 26.0 Å². The predicted octanol–water partition coefficient (Wildman–Crippen LogP) is 5.84. The Morgan fingerprint density at radius 2 is 1.65 bits per heavy atom. The van der Waals surface area contributed by atoms with Gasteiger partial charge in [-0.05, 0) is 78.3 Å². The highest BCUT2D eigenvalue weighted by Crippen LogP contribution is 2.48. The van der Waals surface area contributed by atoms with Crippen LogP contribution in [0.1, 0.15) is 60.9 Å². The lowest BCUT2D eigenvalue weighted by Gasteiger charge is -2.27. The molecule has 8 nitrogen and oxygen atoms in total. The lowest BCUT2D eigenvalue weighted by atomic mass is 9.82. The van der Waals surface area contributed by atoms with Crippen molar-refractivity contribution in [3.05, 3.63) is 82.4 Å². The van der Waals surface area contributed by atoms with Crippen molar-refractivity contribution < 1.29 is 37.7 Å². The SMILES string of the molecule is CCc1cc(F)cc(CC)c1NC(=O)CN1C[C@H](c2cc3c(cc2F)OCO3)[C@@H](C(=O)O)[C@@H]1c1ccc(OC2CC2)cc1. The number of nitrogens with one attached hydrogen (secondary N) is 1. The van der Waals surface area contributed by atoms with Crippen LogP contribution in [0.4, 0.5) is 14.5 Å². The van der Waals surface area contributed by atoms with Gasteiger partial charge in [-0.3, -0.25) is 14.5 Å². The minimum Gasteiger partial charge on any atom is -0.490 e. The van der Waals surface area contributed by atoms with E-state index in [2.05, 4.69) is 5.32 Å². The van der Waals surface area contributed by atoms with E-state index >= 15 is 4.39 Å². The summed E-state index contributed by atoms with van der Waals surface area (Å²) in [6, 6.07) is 12.0. The summed E-state index contributed by atoms with van der Waals surface area (Å²) in [5, 5.41) is 13.5. The molecule has 3 aromatic rings. The van der Waals surface area contributed by atoms with Gasteiger partial charge in [0.1, 0.15) is 17.4 Å². The van der Waals surface area contributed by atoms with Gasteiger partial charge >= 0.3 is 5.97 Å². The Morgan fingerprint density at radius 1 is 1.00 bits per heavy atom. The fourth-order valence-corrected chi connectivity index (χ4v) is 6.25. The molecular weight excluding hydrogens is 558 g/mol. The number of amides is 1. The Bertz CT molecular complexity index is 1520. The zero-order valence-corrected chi connectivity index (χ0v) is 24.1. The topological polar surface area (TPSA) is 97.3 Å². The molecule has 0 spiro atoms. The first kappa shape index (κ1) is 28.9. The second kappa shape index (κ2) is 11.8. The normalized spacial score (nSPS) is 21.2. The first-order valence-electron chi connectivity index (χ1n) is 14.7. The number of aliphatic carboxylic acids is 1. The van der Waals surface area contributed by atoms with Crippen molar-refractivity contribution in [2.24, 2.45) is 5.92 Å². The molecule has 2 fully saturated rings. The zero-order valence-electron chi connectivity index (χ0n) is 24.1. The Kier molecular flexibility index (Phi) is 7.96. The molecule has 3 atom stereocenters. The number of carboxylic acid groups (broad SMARTS) is 1. The van der Waals surface area contributed by atoms with Crippen molar-refractivity contribution >= 4 is 17.6 Å². The number of benzene rings is 3. The number of rotatable bonds is 10. The van der Waals surface area contributed by atoms with E-state index in [1.54, 1.807) is 17.0 Å². The first-order valence-corrected chi connectivity index (χ1v) is 14.7. The summed E-state index contributed by atoms with van der Waals surface area (Å²) in [5.41, 5.74) is 2.80. The van der Waals surface area contributed by atoms with Crippen LogP contribution < -0.4 is 19.5 Å². The molecule has 1 saturated heterocycles. The number of hydrogen-bond donors (Lipinski definition) is 2. The maximum atomic E-state index is 15.4. The van der Waals surface area contributed by atoms with Crippen LogP contribution in [0.3, 0.4) is 0 Å². The van der Waals surface area contributed by atoms with Gasteiger partial charge in [0, 0.05) is 30.3 Å². The molecule has 1 aliphatic carbocycles. The minimum atomic E-state index is -1.10. The maximum Gasteiger partial charge on any atom is 0.309 e. The number of likely N-dealkylation sites (tertiary alicyclic amines) is 1. The number of hydrogen-bond acceptors (Lipinski definition) is 6. The number of ether oxygens (including phenoxy) is 3. The molecule has 1 saturated carbocycles. The molecule has 0 radical (unpaired) electrons. The molecule has 10 heteroatoms. The molecule has 1 amide bonds. The predicted molar refractivity (Wildman–Crippen MR) is 155 cm³/mol. The van der Waals surface area contributed by atoms with Crippen molar-refractivity contribution in [2.45, 2.75) is 57.6 Å². The Hall–Kier alpha value is -4.18. The quantitative estimate of drug-likeness (QED) is 0.305. The minimum absolute atomic E-state index is 0.0433. The Morgan fingerprint density at radius 3 is 2.26 bits per heavy atom. The largest absolute Gasteiger partial charge is 0.490 e. The molecule has 3 aromatic carbocycles. The number of aryl methyl sites for hydroxylation is 2. The fourth-order valence-electron chi connectivity index (χ4n) is 6.25. The Balaban J connectivity index is 1.34. The van der Waals surface area contributed by atoms with Crippen LogP contribution in [0.25, 0.3) is 0 Å². The fraction of sp³-hybridized carbons (Fsp3) is 0.394. The van der Waals surface area contributed by atoms with Gasteiger partial charge in [-0.1, -0.05) is 26.0 Å². The van der Waals surface area contributed by atoms with E-state index in [-0.39, 0.29) is 49.0 Å². The number of fused-ring (bicyclic) bond motifs is 1. The summed E-state index contributed by atoms with van der Waals surface area (Å²) in [7, 11) is 0. The van der Waals surface area contributed by atoms with E-state index in [0.717, 1.165) is 12.8 Å². The molecule has 3 aliphatic rings. The summed E-state index contributed by atoms with van der Waals surface area (Å²) < 4.78 is 46.3. The van der Waals surface area contributed by atoms with Gasteiger partial charge in [-0.25, -0.2) is 8.78 Å². The number of anilines is 1. The molecular formula is C33H34F2N2O6. The summed E-state index contributed by atoms with van der Waals surface area (Å²) in [4.78, 5) is 28.2. The van der Waals surface area contributed by atoms with Gasteiger partial charge < -0.3 is 24.6 Å². The van der Waals surface area contributed by atoms with Gasteiger partial charge in [0.15, 0.2) is 11.5 Å². The van der Waals surface area contributed by atoms with Crippen molar-refractivity contribution in [1.29, 1.82) is 0 Å². The van der Waals surface area contributed by atoms with Gasteiger partial charge in [0.05, 0.1) is 18.6 Å². The van der Waals surface area contributed by atoms with Gasteiger partial charge in [-0.15, -0.1) is 0 Å². The highest BCUT2D eigenvalue weighted by atomic mass is 19.1. The molecule has 226 valence electrons. The average molecular weight is 593 g/mol. The van der Waals surface area contributed by atoms with Crippen LogP contribution >= 0.6 is 0 Å². The number of carbonyl (C=O) groups is 2. The highest BCUT2D eigenvalue weighted by molar-refractivity contribution is 5.94. The number of carbonyl (C=O) groups excluding carboxylic acids is 1. The first-order chi connectivity index (χ1) is 20.7. The lowest BCUT2D eigenvalue weighted by Crippen LogP contribution is -2.35. The monoisotopic (exact) mass is 592 g/mol. The lowest BCUT2D eigenvalue weighted by molar-refractivity contribution is -0.143. The van der Waals surface area contributed by atoms with Crippen LogP contribution in [0.15, 0.2) is 48.5 Å². The number of nitrogens with zero attached hydrogens (tertiary/aromatic N) is 1. The standard InChI is InChI=1S/C33H34F2N2O6/c1-3-18-11-21(34)12-19(4-2)31(18)36-29(38)16-37-15-25(24-13-27-28(14-26(24)35)42-17-41-27)30(33(39)40)32(37)20-5-7-22(8-6-20)43-23-9-10-23/h5-8,11-14,23,25,30,32H,3-4,9-10,15-17H2,1-2H3,(H,36,38)(H,39,40)/t25-,30-,32+/m1/s1. The summed E-state index contributed by atoms with van der Waals surface area (Å²) in [6.07, 6.45) is 3.26. The van der Waals surface area contributed by atoms with Crippen molar-refractivity contribution in [3.8, 4) is 17.2 Å². The molecule has 2 heterocycles. The van der Waals surface area contributed by atoms with Crippen molar-refractivity contribution in [2.75, 3.05) is 25.2 Å². The second-order valence-electron chi connectivity index (χ2n) is 11.3. The number of carboxylic acids is 1. The van der Waals surface area contributed by atoms with Crippen LogP contribution in [-0.4, -0.2) is 47.9 Å². The second-order valence-corrected chi connectivity index (χ2v) is 11.3. The van der Waals surface area contributed by atoms with Crippen LogP contribution in [-0.2, 0) is 22.4 Å². The molecule has 0 aromatic heterocycles. The average Bonchev–Trinajstić information content (AvgIpc) is 3.55. The van der Waals surface area contributed by atoms with Crippen molar-refractivity contribution in [1.82, 2.24) is 4.90 Å². The van der Waals surface area contributed by atoms with Gasteiger partial charge in [0.2, 0.25) is 12.7 Å². The highest BCUT2D eigenvalue weighted by Gasteiger charge is 2.49. The summed E-state index contributed by atoms with van der Waals surface area (Å²) in [5.74, 6) is -2.97. The maximum absolute atomic E-state index is 15.4. The summed E-state index contributed by atoms with van der Waals surface area (Å²) >= 11 is 0. The third-order valence-electron chi connectivity index (χ3n) is 8.46. The van der Waals surface area contributed by atoms with Crippen LogP contribution in [0, 0.1) is 17.6 Å². The third-order valence-corrected chi connectivity index (χ3v) is 8.46. The van der Waals surface area contributed by atoms with E-state index in [1.165, 1.54) is 24.3 Å². The zero-order chi connectivity index (χ0) is 30.2. The van der Waals surface area contributed by atoms with Gasteiger partial charge in [-0.2, -0.15) is 0 Å². The molecule has 6 rings (SSSR count). The smallest absolute Gasteiger partial charge is 0.309 e. The molecule has 2 N–H and O–H groups in total. The van der Waals surface area contributed by atoms with Crippen LogP contribution in [0.2, 0.25) is 0 Å². The van der Waals surface area contributed by atoms with E-state index in [9.17, 15) is 19.1 Å². The molecule has 0 unspecified atom stereocenters. The van der Waals surface area contributed by atoms with E-state index < -0.39 is 29.7 Å². The molecule has 43 heavy (non-hydrogen) atoms. The number of halogens is 2. The van der Waals surface area contributed by atoms with E-state index in [0.29, 0.717) is 46.7 Å². The van der Waals surface area contributed by atoms with Crippen molar-refractivity contribution in [3.63, 3.8) is 0 Å². The van der Waals surface area contributed by atoms with Crippen LogP contribution in [0.5, 0.6) is 17.2 Å². The molecule has 2 aliphatic heterocycles. The summed E-state index contributed by atoms with van der Waals surface area (Å²) in [6.45, 7) is 3.69. The molecule has 0 bridgehead atoms. The Labute approximate surface area is 248 Å².